The third-order valence-corrected chi connectivity index (χ3v) is 6.13. The number of hydrogen-bond acceptors (Lipinski definition) is 4. The Labute approximate surface area is 150 Å². The van der Waals surface area contributed by atoms with Crippen LogP contribution in [0.25, 0.3) is 0 Å². The zero-order valence-corrected chi connectivity index (χ0v) is 15.7. The van der Waals surface area contributed by atoms with E-state index in [1.54, 1.807) is 0 Å². The van der Waals surface area contributed by atoms with Crippen molar-refractivity contribution < 1.29 is 9.21 Å². The van der Waals surface area contributed by atoms with Gasteiger partial charge in [0, 0.05) is 25.6 Å². The Morgan fingerprint density at radius 1 is 1.16 bits per heavy atom. The summed E-state index contributed by atoms with van der Waals surface area (Å²) in [5, 5.41) is 0. The lowest BCUT2D eigenvalue weighted by Gasteiger charge is -2.37. The highest BCUT2D eigenvalue weighted by atomic mass is 16.4. The molecule has 4 rings (SSSR count). The number of aromatic nitrogens is 1. The van der Waals surface area contributed by atoms with Crippen LogP contribution in [0.3, 0.4) is 0 Å². The lowest BCUT2D eigenvalue weighted by atomic mass is 9.94. The molecule has 25 heavy (non-hydrogen) atoms. The Kier molecular flexibility index (Phi) is 4.85. The van der Waals surface area contributed by atoms with Gasteiger partial charge >= 0.3 is 0 Å². The zero-order valence-electron chi connectivity index (χ0n) is 15.7. The smallest absolute Gasteiger partial charge is 0.291 e. The molecule has 5 nitrogen and oxygen atoms in total. The number of carbonyl (C=O) groups excluding carboxylic acids is 1. The molecule has 0 radical (unpaired) electrons. The molecule has 1 saturated carbocycles. The SMILES string of the molecule is Cc1nc(C2CC2)oc1C(=O)N1CCC[C@@H](CN2CCC(C)CC2)C1. The van der Waals surface area contributed by atoms with Crippen LogP contribution in [0.1, 0.15) is 73.5 Å². The number of hydrogen-bond donors (Lipinski definition) is 0. The number of amides is 1. The quantitative estimate of drug-likeness (QED) is 0.839. The van der Waals surface area contributed by atoms with Crippen LogP contribution < -0.4 is 0 Å². The van der Waals surface area contributed by atoms with E-state index in [0.29, 0.717) is 17.6 Å². The van der Waals surface area contributed by atoms with Crippen LogP contribution in [-0.4, -0.2) is 53.4 Å². The maximum absolute atomic E-state index is 12.9. The number of aryl methyl sites for hydroxylation is 1. The molecule has 1 aliphatic carbocycles. The van der Waals surface area contributed by atoms with Crippen LogP contribution in [-0.2, 0) is 0 Å². The molecule has 1 amide bonds. The Bertz CT molecular complexity index is 614. The van der Waals surface area contributed by atoms with E-state index >= 15 is 0 Å². The van der Waals surface area contributed by atoms with Gasteiger partial charge in [0.15, 0.2) is 5.89 Å². The van der Waals surface area contributed by atoms with Crippen molar-refractivity contribution in [2.24, 2.45) is 11.8 Å². The maximum atomic E-state index is 12.9. The third-order valence-electron chi connectivity index (χ3n) is 6.13. The molecule has 3 fully saturated rings. The molecule has 3 heterocycles. The summed E-state index contributed by atoms with van der Waals surface area (Å²) < 4.78 is 5.84. The molecule has 0 bridgehead atoms. The highest BCUT2D eigenvalue weighted by Gasteiger charge is 2.33. The lowest BCUT2D eigenvalue weighted by molar-refractivity contribution is 0.0589. The Balaban J connectivity index is 1.36. The average molecular weight is 345 g/mol. The summed E-state index contributed by atoms with van der Waals surface area (Å²) >= 11 is 0. The molecular formula is C20H31N3O2. The van der Waals surface area contributed by atoms with E-state index in [4.69, 9.17) is 4.42 Å². The molecular weight excluding hydrogens is 314 g/mol. The number of piperidine rings is 2. The summed E-state index contributed by atoms with van der Waals surface area (Å²) in [6, 6.07) is 0. The summed E-state index contributed by atoms with van der Waals surface area (Å²) in [4.78, 5) is 22.0. The van der Waals surface area contributed by atoms with Gasteiger partial charge < -0.3 is 14.2 Å². The number of rotatable bonds is 4. The van der Waals surface area contributed by atoms with Crippen molar-refractivity contribution in [1.82, 2.24) is 14.8 Å². The van der Waals surface area contributed by atoms with Gasteiger partial charge in [-0.1, -0.05) is 6.92 Å². The minimum Gasteiger partial charge on any atom is -0.435 e. The highest BCUT2D eigenvalue weighted by molar-refractivity contribution is 5.92. The third kappa shape index (κ3) is 3.91. The molecule has 3 aliphatic rings. The summed E-state index contributed by atoms with van der Waals surface area (Å²) in [6.45, 7) is 9.55. The summed E-state index contributed by atoms with van der Waals surface area (Å²) in [5.74, 6) is 3.23. The molecule has 1 atom stereocenters. The number of carbonyl (C=O) groups is 1. The topological polar surface area (TPSA) is 49.6 Å². The van der Waals surface area contributed by atoms with Gasteiger partial charge in [0.05, 0.1) is 5.69 Å². The van der Waals surface area contributed by atoms with Crippen LogP contribution >= 0.6 is 0 Å². The molecule has 2 aliphatic heterocycles. The Morgan fingerprint density at radius 2 is 1.92 bits per heavy atom. The summed E-state index contributed by atoms with van der Waals surface area (Å²) in [6.07, 6.45) is 7.26. The average Bonchev–Trinajstić information content (AvgIpc) is 3.39. The first-order valence-electron chi connectivity index (χ1n) is 10.1. The summed E-state index contributed by atoms with van der Waals surface area (Å²) in [7, 11) is 0. The van der Waals surface area contributed by atoms with Crippen molar-refractivity contribution in [2.45, 2.75) is 58.3 Å². The molecule has 1 aromatic heterocycles. The molecule has 0 spiro atoms. The Hall–Kier alpha value is -1.36. The van der Waals surface area contributed by atoms with E-state index in [2.05, 4.69) is 16.8 Å². The van der Waals surface area contributed by atoms with Gasteiger partial charge in [0.1, 0.15) is 0 Å². The monoisotopic (exact) mass is 345 g/mol. The normalized spacial score (nSPS) is 26.2. The van der Waals surface area contributed by atoms with Crippen molar-refractivity contribution >= 4 is 5.91 Å². The van der Waals surface area contributed by atoms with Crippen molar-refractivity contribution in [3.05, 3.63) is 17.3 Å². The predicted octanol–water partition coefficient (Wildman–Crippen LogP) is 3.44. The predicted molar refractivity (Wildman–Crippen MR) is 96.7 cm³/mol. The van der Waals surface area contributed by atoms with Gasteiger partial charge in [-0.25, -0.2) is 4.98 Å². The van der Waals surface area contributed by atoms with E-state index in [0.717, 1.165) is 56.4 Å². The number of nitrogens with zero attached hydrogens (tertiary/aromatic N) is 3. The molecule has 0 N–H and O–H groups in total. The van der Waals surface area contributed by atoms with Gasteiger partial charge in [0.2, 0.25) is 5.76 Å². The van der Waals surface area contributed by atoms with Gasteiger partial charge in [-0.3, -0.25) is 4.79 Å². The first kappa shape index (κ1) is 17.1. The zero-order chi connectivity index (χ0) is 17.4. The second-order valence-corrected chi connectivity index (χ2v) is 8.48. The van der Waals surface area contributed by atoms with Crippen molar-refractivity contribution in [1.29, 1.82) is 0 Å². The van der Waals surface area contributed by atoms with Crippen LogP contribution in [0.15, 0.2) is 4.42 Å². The fraction of sp³-hybridized carbons (Fsp3) is 0.800. The molecule has 138 valence electrons. The first-order chi connectivity index (χ1) is 12.1. The van der Waals surface area contributed by atoms with Crippen LogP contribution in [0.4, 0.5) is 0 Å². The second-order valence-electron chi connectivity index (χ2n) is 8.48. The largest absolute Gasteiger partial charge is 0.435 e. The standard InChI is InChI=1S/C20H31N3O2/c1-14-7-10-22(11-8-14)12-16-4-3-9-23(13-16)20(24)18-15(2)21-19(25-18)17-5-6-17/h14,16-17H,3-13H2,1-2H3/t16-/m0/s1. The van der Waals surface area contributed by atoms with Crippen LogP contribution in [0.5, 0.6) is 0 Å². The highest BCUT2D eigenvalue weighted by Crippen LogP contribution is 2.40. The second kappa shape index (κ2) is 7.10. The van der Waals surface area contributed by atoms with E-state index in [-0.39, 0.29) is 5.91 Å². The fourth-order valence-corrected chi connectivity index (χ4v) is 4.27. The Morgan fingerprint density at radius 3 is 2.64 bits per heavy atom. The molecule has 0 unspecified atom stereocenters. The van der Waals surface area contributed by atoms with Gasteiger partial charge in [-0.05, 0) is 70.4 Å². The van der Waals surface area contributed by atoms with Crippen LogP contribution in [0, 0.1) is 18.8 Å². The van der Waals surface area contributed by atoms with Gasteiger partial charge in [-0.2, -0.15) is 0 Å². The van der Waals surface area contributed by atoms with E-state index in [1.165, 1.54) is 32.4 Å². The molecule has 0 aromatic carbocycles. The number of oxazole rings is 1. The van der Waals surface area contributed by atoms with Gasteiger partial charge in [-0.15, -0.1) is 0 Å². The fourth-order valence-electron chi connectivity index (χ4n) is 4.27. The maximum Gasteiger partial charge on any atom is 0.291 e. The van der Waals surface area contributed by atoms with E-state index in [1.807, 2.05) is 11.8 Å². The van der Waals surface area contributed by atoms with Crippen molar-refractivity contribution in [3.63, 3.8) is 0 Å². The lowest BCUT2D eigenvalue weighted by Crippen LogP contribution is -2.45. The van der Waals surface area contributed by atoms with Crippen LogP contribution in [0.2, 0.25) is 0 Å². The van der Waals surface area contributed by atoms with Crippen molar-refractivity contribution in [2.75, 3.05) is 32.7 Å². The minimum absolute atomic E-state index is 0.0499. The number of likely N-dealkylation sites (tertiary alicyclic amines) is 2. The molecule has 5 heteroatoms. The van der Waals surface area contributed by atoms with Gasteiger partial charge in [0.25, 0.3) is 5.91 Å². The van der Waals surface area contributed by atoms with E-state index in [9.17, 15) is 4.79 Å². The van der Waals surface area contributed by atoms with Crippen molar-refractivity contribution in [3.8, 4) is 0 Å². The molecule has 2 saturated heterocycles. The summed E-state index contributed by atoms with van der Waals surface area (Å²) in [5.41, 5.74) is 0.763. The molecule has 1 aromatic rings. The van der Waals surface area contributed by atoms with E-state index < -0.39 is 0 Å². The first-order valence-corrected chi connectivity index (χ1v) is 10.1. The minimum atomic E-state index is 0.0499.